The van der Waals surface area contributed by atoms with Gasteiger partial charge < -0.3 is 14.0 Å². The van der Waals surface area contributed by atoms with Gasteiger partial charge in [-0.2, -0.15) is 31.6 Å². The molecule has 0 bridgehead atoms. The van der Waals surface area contributed by atoms with Crippen LogP contribution in [-0.4, -0.2) is 35.8 Å². The van der Waals surface area contributed by atoms with Crippen LogP contribution in [0.2, 0.25) is 0 Å². The molecule has 2 heterocycles. The maximum atomic E-state index is 13.2. The minimum Gasteiger partial charge on any atom is -0.461 e. The van der Waals surface area contributed by atoms with Gasteiger partial charge in [-0.15, -0.1) is 0 Å². The van der Waals surface area contributed by atoms with Crippen molar-refractivity contribution in [2.75, 3.05) is 20.3 Å². The number of hydrogen-bond donors (Lipinski definition) is 0. The van der Waals surface area contributed by atoms with E-state index < -0.39 is 29.4 Å². The number of carbonyl (C=O) groups excluding carboxylic acids is 1. The van der Waals surface area contributed by atoms with Crippen LogP contribution in [0.1, 0.15) is 28.7 Å². The zero-order chi connectivity index (χ0) is 26.5. The molecule has 0 aliphatic heterocycles. The van der Waals surface area contributed by atoms with Gasteiger partial charge in [0, 0.05) is 50.0 Å². The lowest BCUT2D eigenvalue weighted by Gasteiger charge is -2.14. The fourth-order valence-electron chi connectivity index (χ4n) is 3.43. The number of nitriles is 1. The summed E-state index contributed by atoms with van der Waals surface area (Å²) < 4.78 is 90.7. The highest BCUT2D eigenvalue weighted by Crippen LogP contribution is 2.36. The molecule has 6 nitrogen and oxygen atoms in total. The van der Waals surface area contributed by atoms with Gasteiger partial charge in [-0.25, -0.2) is 9.78 Å². The number of fused-ring (bicyclic) bond motifs is 1. The van der Waals surface area contributed by atoms with Gasteiger partial charge in [0.2, 0.25) is 0 Å². The third-order valence-corrected chi connectivity index (χ3v) is 5.03. The van der Waals surface area contributed by atoms with Crippen molar-refractivity contribution >= 4 is 23.1 Å². The SMILES string of the molecule is COCCCOC(=O)/C(C#N)=C/c1cn(Cc2cc(C(F)(F)F)cc(C(F)(F)F)c2)c2ncccc12. The maximum absolute atomic E-state index is 13.2. The second-order valence-corrected chi connectivity index (χ2v) is 7.65. The Labute approximate surface area is 201 Å². The molecule has 12 heteroatoms. The van der Waals surface area contributed by atoms with Gasteiger partial charge in [-0.1, -0.05) is 0 Å². The van der Waals surface area contributed by atoms with Crippen LogP contribution >= 0.6 is 0 Å². The van der Waals surface area contributed by atoms with Crippen LogP contribution in [0.25, 0.3) is 17.1 Å². The number of hydrogen-bond acceptors (Lipinski definition) is 5. The average Bonchev–Trinajstić information content (AvgIpc) is 3.16. The Kier molecular flexibility index (Phi) is 8.04. The standard InChI is InChI=1S/C24H19F6N3O3/c1-35-6-3-7-36-22(34)16(12-31)10-17-14-33(21-20(17)4-2-5-32-21)13-15-8-18(23(25,26)27)11-19(9-15)24(28,29)30/h2,4-5,8-11,14H,3,6-7,13H2,1H3/b16-10+. The lowest BCUT2D eigenvalue weighted by Crippen LogP contribution is -2.12. The molecule has 0 saturated carbocycles. The van der Waals surface area contributed by atoms with Gasteiger partial charge in [0.15, 0.2) is 0 Å². The van der Waals surface area contributed by atoms with Crippen LogP contribution in [0.5, 0.6) is 0 Å². The highest BCUT2D eigenvalue weighted by molar-refractivity contribution is 6.00. The molecule has 0 saturated heterocycles. The van der Waals surface area contributed by atoms with E-state index in [9.17, 15) is 36.4 Å². The molecule has 0 aliphatic carbocycles. The van der Waals surface area contributed by atoms with Crippen LogP contribution in [0.15, 0.2) is 48.3 Å². The number of aromatic nitrogens is 2. The molecule has 0 atom stereocenters. The summed E-state index contributed by atoms with van der Waals surface area (Å²) in [4.78, 5) is 16.4. The van der Waals surface area contributed by atoms with Crippen molar-refractivity contribution in [1.82, 2.24) is 9.55 Å². The van der Waals surface area contributed by atoms with Crippen LogP contribution in [0, 0.1) is 11.3 Å². The summed E-state index contributed by atoms with van der Waals surface area (Å²) in [6.45, 7) is -0.00652. The fourth-order valence-corrected chi connectivity index (χ4v) is 3.43. The topological polar surface area (TPSA) is 77.1 Å². The summed E-state index contributed by atoms with van der Waals surface area (Å²) >= 11 is 0. The summed E-state index contributed by atoms with van der Waals surface area (Å²) in [5.41, 5.74) is -2.91. The van der Waals surface area contributed by atoms with Gasteiger partial charge in [0.05, 0.1) is 17.7 Å². The number of ether oxygens (including phenoxy) is 2. The van der Waals surface area contributed by atoms with Crippen molar-refractivity contribution in [2.24, 2.45) is 0 Å². The number of benzene rings is 1. The van der Waals surface area contributed by atoms with E-state index in [0.29, 0.717) is 36.1 Å². The second kappa shape index (κ2) is 10.8. The zero-order valence-corrected chi connectivity index (χ0v) is 18.8. The predicted molar refractivity (Wildman–Crippen MR) is 116 cm³/mol. The average molecular weight is 511 g/mol. The number of alkyl halides is 6. The smallest absolute Gasteiger partial charge is 0.416 e. The van der Waals surface area contributed by atoms with Crippen LogP contribution < -0.4 is 0 Å². The largest absolute Gasteiger partial charge is 0.461 e. The van der Waals surface area contributed by atoms with E-state index in [0.717, 1.165) is 0 Å². The Bertz CT molecular complexity index is 1290. The molecule has 0 amide bonds. The first-order valence-electron chi connectivity index (χ1n) is 10.4. The molecule has 0 fully saturated rings. The van der Waals surface area contributed by atoms with Crippen molar-refractivity contribution in [3.8, 4) is 6.07 Å². The minimum absolute atomic E-state index is 0.0199. The van der Waals surface area contributed by atoms with Gasteiger partial charge in [-0.3, -0.25) is 0 Å². The normalized spacial score (nSPS) is 12.6. The number of pyridine rings is 1. The van der Waals surface area contributed by atoms with Crippen molar-refractivity contribution in [2.45, 2.75) is 25.3 Å². The van der Waals surface area contributed by atoms with Gasteiger partial charge in [-0.05, 0) is 42.0 Å². The van der Waals surface area contributed by atoms with E-state index in [1.54, 1.807) is 18.2 Å². The molecule has 0 N–H and O–H groups in total. The van der Waals surface area contributed by atoms with Crippen molar-refractivity contribution in [3.05, 3.63) is 70.6 Å². The highest BCUT2D eigenvalue weighted by Gasteiger charge is 2.37. The first kappa shape index (κ1) is 26.7. The number of nitrogens with zero attached hydrogens (tertiary/aromatic N) is 3. The molecule has 0 aliphatic rings. The van der Waals surface area contributed by atoms with E-state index in [-0.39, 0.29) is 36.0 Å². The molecule has 0 spiro atoms. The number of esters is 1. The minimum atomic E-state index is -4.98. The summed E-state index contributed by atoms with van der Waals surface area (Å²) in [5, 5.41) is 9.84. The molecule has 0 unspecified atom stereocenters. The number of methoxy groups -OCH3 is 1. The highest BCUT2D eigenvalue weighted by atomic mass is 19.4. The van der Waals surface area contributed by atoms with E-state index in [1.165, 1.54) is 30.1 Å². The lowest BCUT2D eigenvalue weighted by atomic mass is 10.0. The maximum Gasteiger partial charge on any atom is 0.416 e. The van der Waals surface area contributed by atoms with E-state index in [2.05, 4.69) is 4.98 Å². The van der Waals surface area contributed by atoms with Crippen LogP contribution in [0.3, 0.4) is 0 Å². The van der Waals surface area contributed by atoms with E-state index in [1.807, 2.05) is 0 Å². The Morgan fingerprint density at radius 3 is 2.36 bits per heavy atom. The van der Waals surface area contributed by atoms with Crippen LogP contribution in [0.4, 0.5) is 26.3 Å². The Hall–Kier alpha value is -3.85. The van der Waals surface area contributed by atoms with E-state index in [4.69, 9.17) is 9.47 Å². The third-order valence-electron chi connectivity index (χ3n) is 5.03. The predicted octanol–water partition coefficient (Wildman–Crippen LogP) is 5.61. The Balaban J connectivity index is 2.01. The molecule has 1 aromatic carbocycles. The summed E-state index contributed by atoms with van der Waals surface area (Å²) in [5.74, 6) is -0.883. The molecule has 3 rings (SSSR count). The molecule has 3 aromatic rings. The summed E-state index contributed by atoms with van der Waals surface area (Å²) in [6.07, 6.45) is -5.53. The Morgan fingerprint density at radius 1 is 1.11 bits per heavy atom. The van der Waals surface area contributed by atoms with Gasteiger partial charge in [0.25, 0.3) is 0 Å². The zero-order valence-electron chi connectivity index (χ0n) is 18.8. The summed E-state index contributed by atoms with van der Waals surface area (Å²) in [7, 11) is 1.48. The first-order chi connectivity index (χ1) is 16.9. The van der Waals surface area contributed by atoms with Crippen molar-refractivity contribution in [1.29, 1.82) is 5.26 Å². The molecule has 2 aromatic heterocycles. The molecule has 190 valence electrons. The van der Waals surface area contributed by atoms with Crippen LogP contribution in [-0.2, 0) is 33.2 Å². The fraction of sp³-hybridized carbons (Fsp3) is 0.292. The van der Waals surface area contributed by atoms with Crippen molar-refractivity contribution < 1.29 is 40.6 Å². The number of rotatable bonds is 8. The Morgan fingerprint density at radius 2 is 1.78 bits per heavy atom. The third kappa shape index (κ3) is 6.42. The molecular formula is C24H19F6N3O3. The second-order valence-electron chi connectivity index (χ2n) is 7.65. The lowest BCUT2D eigenvalue weighted by molar-refractivity contribution is -0.143. The number of carbonyl (C=O) groups is 1. The molecule has 36 heavy (non-hydrogen) atoms. The van der Waals surface area contributed by atoms with E-state index >= 15 is 0 Å². The summed E-state index contributed by atoms with van der Waals surface area (Å²) in [6, 6.07) is 6.22. The molecule has 0 radical (unpaired) electrons. The van der Waals surface area contributed by atoms with Gasteiger partial charge in [0.1, 0.15) is 17.3 Å². The van der Waals surface area contributed by atoms with Crippen molar-refractivity contribution in [3.63, 3.8) is 0 Å². The quantitative estimate of drug-likeness (QED) is 0.129. The monoisotopic (exact) mass is 511 g/mol. The first-order valence-corrected chi connectivity index (χ1v) is 10.4. The molecular weight excluding hydrogens is 492 g/mol. The number of halogens is 6. The van der Waals surface area contributed by atoms with Gasteiger partial charge >= 0.3 is 18.3 Å².